The molecule has 17 heavy (non-hydrogen) atoms. The lowest BCUT2D eigenvalue weighted by atomic mass is 9.82. The molecular weight excluding hydrogens is 242 g/mol. The quantitative estimate of drug-likeness (QED) is 0.716. The van der Waals surface area contributed by atoms with E-state index in [2.05, 4.69) is 25.5 Å². The van der Waals surface area contributed by atoms with Crippen molar-refractivity contribution in [2.24, 2.45) is 5.92 Å². The smallest absolute Gasteiger partial charge is 0.226 e. The number of hydrogen-bond donors (Lipinski definition) is 3. The standard InChI is InChI=1S/C10H12ClN5O/c11-10-14-8(7-4-13-16-9(7)15-10)12-3-5-1-6(17)2-5/h4-6,17H,1-3H2,(H2,12,13,14,15,16). The summed E-state index contributed by atoms with van der Waals surface area (Å²) in [5.41, 5.74) is 0.626. The van der Waals surface area contributed by atoms with Crippen LogP contribution in [-0.2, 0) is 0 Å². The summed E-state index contributed by atoms with van der Waals surface area (Å²) in [7, 11) is 0. The predicted octanol–water partition coefficient (Wildman–Crippen LogP) is 1.19. The molecule has 1 saturated carbocycles. The Balaban J connectivity index is 1.77. The van der Waals surface area contributed by atoms with Crippen LogP contribution in [0.5, 0.6) is 0 Å². The second-order valence-corrected chi connectivity index (χ2v) is 4.68. The molecule has 2 aromatic heterocycles. The van der Waals surface area contributed by atoms with E-state index >= 15 is 0 Å². The Morgan fingerprint density at radius 1 is 1.47 bits per heavy atom. The molecule has 7 heteroatoms. The van der Waals surface area contributed by atoms with Crippen LogP contribution in [0.2, 0.25) is 5.28 Å². The van der Waals surface area contributed by atoms with E-state index < -0.39 is 0 Å². The maximum Gasteiger partial charge on any atom is 0.226 e. The number of aromatic nitrogens is 4. The molecule has 90 valence electrons. The minimum atomic E-state index is -0.135. The first kappa shape index (κ1) is 10.7. The van der Waals surface area contributed by atoms with Gasteiger partial charge < -0.3 is 10.4 Å². The molecule has 0 radical (unpaired) electrons. The lowest BCUT2D eigenvalue weighted by Crippen LogP contribution is -2.33. The van der Waals surface area contributed by atoms with Crippen molar-refractivity contribution >= 4 is 28.5 Å². The molecule has 0 bridgehead atoms. The molecular formula is C10H12ClN5O. The maximum absolute atomic E-state index is 9.21. The van der Waals surface area contributed by atoms with Crippen LogP contribution in [0, 0.1) is 5.92 Å². The van der Waals surface area contributed by atoms with Crippen LogP contribution < -0.4 is 5.32 Å². The Bertz CT molecular complexity index is 536. The first-order valence-corrected chi connectivity index (χ1v) is 5.88. The molecule has 1 aliphatic rings. The second-order valence-electron chi connectivity index (χ2n) is 4.35. The van der Waals surface area contributed by atoms with Gasteiger partial charge in [0, 0.05) is 6.54 Å². The molecule has 0 saturated heterocycles. The first-order valence-electron chi connectivity index (χ1n) is 5.51. The molecule has 0 atom stereocenters. The molecule has 0 aliphatic heterocycles. The van der Waals surface area contributed by atoms with Gasteiger partial charge in [0.15, 0.2) is 5.65 Å². The topological polar surface area (TPSA) is 86.7 Å². The Morgan fingerprint density at radius 3 is 3.06 bits per heavy atom. The van der Waals surface area contributed by atoms with Gasteiger partial charge in [0.2, 0.25) is 5.28 Å². The zero-order chi connectivity index (χ0) is 11.8. The van der Waals surface area contributed by atoms with Gasteiger partial charge in [-0.05, 0) is 30.4 Å². The molecule has 1 aliphatic carbocycles. The van der Waals surface area contributed by atoms with Crippen molar-refractivity contribution in [3.05, 3.63) is 11.5 Å². The minimum absolute atomic E-state index is 0.135. The summed E-state index contributed by atoms with van der Waals surface area (Å²) in [6, 6.07) is 0. The molecule has 6 nitrogen and oxygen atoms in total. The van der Waals surface area contributed by atoms with Gasteiger partial charge in [-0.3, -0.25) is 5.10 Å². The lowest BCUT2D eigenvalue weighted by molar-refractivity contribution is 0.0486. The molecule has 1 fully saturated rings. The zero-order valence-corrected chi connectivity index (χ0v) is 9.78. The fourth-order valence-electron chi connectivity index (χ4n) is 2.05. The summed E-state index contributed by atoms with van der Waals surface area (Å²) in [5, 5.41) is 20.1. The van der Waals surface area contributed by atoms with Crippen molar-refractivity contribution in [2.75, 3.05) is 11.9 Å². The Hall–Kier alpha value is -1.40. The van der Waals surface area contributed by atoms with Gasteiger partial charge in [0.1, 0.15) is 5.82 Å². The number of aliphatic hydroxyl groups excluding tert-OH is 1. The van der Waals surface area contributed by atoms with E-state index in [4.69, 9.17) is 11.6 Å². The highest BCUT2D eigenvalue weighted by Crippen LogP contribution is 2.28. The van der Waals surface area contributed by atoms with Crippen LogP contribution >= 0.6 is 11.6 Å². The monoisotopic (exact) mass is 253 g/mol. The fraction of sp³-hybridized carbons (Fsp3) is 0.500. The van der Waals surface area contributed by atoms with E-state index in [0.717, 1.165) is 24.8 Å². The minimum Gasteiger partial charge on any atom is -0.393 e. The van der Waals surface area contributed by atoms with Crippen LogP contribution in [0.15, 0.2) is 6.20 Å². The van der Waals surface area contributed by atoms with E-state index in [-0.39, 0.29) is 11.4 Å². The van der Waals surface area contributed by atoms with Crippen molar-refractivity contribution in [3.63, 3.8) is 0 Å². The van der Waals surface area contributed by atoms with Crippen molar-refractivity contribution in [1.29, 1.82) is 0 Å². The van der Waals surface area contributed by atoms with Crippen molar-refractivity contribution < 1.29 is 5.11 Å². The molecule has 0 unspecified atom stereocenters. The number of hydrogen-bond acceptors (Lipinski definition) is 5. The van der Waals surface area contributed by atoms with Gasteiger partial charge in [-0.25, -0.2) is 0 Å². The van der Waals surface area contributed by atoms with E-state index in [0.29, 0.717) is 17.4 Å². The number of anilines is 1. The van der Waals surface area contributed by atoms with Crippen molar-refractivity contribution in [2.45, 2.75) is 18.9 Å². The third-order valence-electron chi connectivity index (χ3n) is 3.05. The van der Waals surface area contributed by atoms with E-state index in [1.807, 2.05) is 0 Å². The lowest BCUT2D eigenvalue weighted by Gasteiger charge is -2.31. The SMILES string of the molecule is OC1CC(CNc2nc(Cl)nc3[nH]ncc23)C1. The number of aliphatic hydroxyl groups is 1. The van der Waals surface area contributed by atoms with E-state index in [9.17, 15) is 5.11 Å². The summed E-state index contributed by atoms with van der Waals surface area (Å²) in [5.74, 6) is 1.19. The Labute approximate surface area is 102 Å². The highest BCUT2D eigenvalue weighted by atomic mass is 35.5. The number of halogens is 1. The van der Waals surface area contributed by atoms with Crippen LogP contribution in [-0.4, -0.2) is 37.9 Å². The number of H-pyrrole nitrogens is 1. The number of fused-ring (bicyclic) bond motifs is 1. The Kier molecular flexibility index (Phi) is 2.60. The van der Waals surface area contributed by atoms with Gasteiger partial charge >= 0.3 is 0 Å². The average molecular weight is 254 g/mol. The molecule has 0 amide bonds. The molecule has 2 heterocycles. The highest BCUT2D eigenvalue weighted by Gasteiger charge is 2.26. The molecule has 3 N–H and O–H groups in total. The zero-order valence-electron chi connectivity index (χ0n) is 9.02. The van der Waals surface area contributed by atoms with E-state index in [1.165, 1.54) is 0 Å². The van der Waals surface area contributed by atoms with Crippen molar-refractivity contribution in [1.82, 2.24) is 20.2 Å². The first-order chi connectivity index (χ1) is 8.22. The molecule has 0 spiro atoms. The molecule has 0 aromatic carbocycles. The number of aromatic amines is 1. The number of rotatable bonds is 3. The summed E-state index contributed by atoms with van der Waals surface area (Å²) in [6.07, 6.45) is 3.23. The largest absolute Gasteiger partial charge is 0.393 e. The maximum atomic E-state index is 9.21. The third kappa shape index (κ3) is 2.05. The fourth-order valence-corrected chi connectivity index (χ4v) is 2.22. The van der Waals surface area contributed by atoms with Gasteiger partial charge in [0.25, 0.3) is 0 Å². The summed E-state index contributed by atoms with van der Waals surface area (Å²) >= 11 is 5.82. The van der Waals surface area contributed by atoms with E-state index in [1.54, 1.807) is 6.20 Å². The molecule has 2 aromatic rings. The third-order valence-corrected chi connectivity index (χ3v) is 3.22. The van der Waals surface area contributed by atoms with Crippen LogP contribution in [0.1, 0.15) is 12.8 Å². The molecule has 3 rings (SSSR count). The highest BCUT2D eigenvalue weighted by molar-refractivity contribution is 6.28. The number of nitrogens with one attached hydrogen (secondary N) is 2. The van der Waals surface area contributed by atoms with Crippen LogP contribution in [0.3, 0.4) is 0 Å². The second kappa shape index (κ2) is 4.12. The van der Waals surface area contributed by atoms with Gasteiger partial charge in [-0.15, -0.1) is 0 Å². The summed E-state index contributed by atoms with van der Waals surface area (Å²) < 4.78 is 0. The summed E-state index contributed by atoms with van der Waals surface area (Å²) in [4.78, 5) is 8.17. The predicted molar refractivity (Wildman–Crippen MR) is 63.9 cm³/mol. The van der Waals surface area contributed by atoms with Crippen LogP contribution in [0.4, 0.5) is 5.82 Å². The van der Waals surface area contributed by atoms with Gasteiger partial charge in [-0.2, -0.15) is 15.1 Å². The van der Waals surface area contributed by atoms with Crippen molar-refractivity contribution in [3.8, 4) is 0 Å². The average Bonchev–Trinajstić information content (AvgIpc) is 2.70. The number of nitrogens with zero attached hydrogens (tertiary/aromatic N) is 3. The van der Waals surface area contributed by atoms with Gasteiger partial charge in [-0.1, -0.05) is 0 Å². The van der Waals surface area contributed by atoms with Crippen LogP contribution in [0.25, 0.3) is 11.0 Å². The summed E-state index contributed by atoms with van der Waals surface area (Å²) in [6.45, 7) is 0.782. The normalized spacial score (nSPS) is 23.6. The Morgan fingerprint density at radius 2 is 2.29 bits per heavy atom. The van der Waals surface area contributed by atoms with Gasteiger partial charge in [0.05, 0.1) is 17.7 Å².